The number of rotatable bonds is 5. The Morgan fingerprint density at radius 1 is 1.09 bits per heavy atom. The first-order valence-corrected chi connectivity index (χ1v) is 8.92. The second-order valence-electron chi connectivity index (χ2n) is 6.79. The average Bonchev–Trinajstić information content (AvgIpc) is 3.08. The minimum absolute atomic E-state index is 0.0960. The van der Waals surface area contributed by atoms with E-state index in [2.05, 4.69) is 5.32 Å². The van der Waals surface area contributed by atoms with E-state index in [-0.39, 0.29) is 11.8 Å². The number of nitrogens with one attached hydrogen (secondary N) is 1. The lowest BCUT2D eigenvalue weighted by atomic mass is 10.0. The van der Waals surface area contributed by atoms with Crippen LogP contribution in [0.2, 0.25) is 0 Å². The van der Waals surface area contributed by atoms with Gasteiger partial charge in [-0.1, -0.05) is 25.7 Å². The molecule has 4 heteroatoms. The lowest BCUT2D eigenvalue weighted by molar-refractivity contribution is -0.119. The number of hydrogen-bond donors (Lipinski definition) is 1. The topological polar surface area (TPSA) is 49.4 Å². The van der Waals surface area contributed by atoms with Crippen LogP contribution < -0.4 is 10.2 Å². The first kappa shape index (κ1) is 16.0. The van der Waals surface area contributed by atoms with E-state index in [9.17, 15) is 9.59 Å². The summed E-state index contributed by atoms with van der Waals surface area (Å²) in [6, 6.07) is 7.64. The van der Waals surface area contributed by atoms with E-state index in [1.165, 1.54) is 25.7 Å². The molecule has 3 rings (SSSR count). The summed E-state index contributed by atoms with van der Waals surface area (Å²) < 4.78 is 0. The summed E-state index contributed by atoms with van der Waals surface area (Å²) in [5, 5.41) is 2.96. The predicted octanol–water partition coefficient (Wildman–Crippen LogP) is 4.11. The van der Waals surface area contributed by atoms with Crippen molar-refractivity contribution < 1.29 is 9.59 Å². The van der Waals surface area contributed by atoms with Gasteiger partial charge in [0.25, 0.3) is 0 Å². The molecule has 0 spiro atoms. The lowest BCUT2D eigenvalue weighted by Crippen LogP contribution is -2.35. The highest BCUT2D eigenvalue weighted by Crippen LogP contribution is 2.28. The van der Waals surface area contributed by atoms with Crippen LogP contribution in [0, 0.1) is 5.92 Å². The second-order valence-corrected chi connectivity index (χ2v) is 6.79. The Balaban J connectivity index is 1.50. The summed E-state index contributed by atoms with van der Waals surface area (Å²) in [5.41, 5.74) is 1.74. The minimum Gasteiger partial charge on any atom is -0.326 e. The molecule has 1 N–H and O–H groups in total. The fourth-order valence-corrected chi connectivity index (χ4v) is 3.66. The summed E-state index contributed by atoms with van der Waals surface area (Å²) in [6.07, 6.45) is 9.52. The SMILES string of the molecule is O=C(CCC1CCCC1)Nc1ccc(N2CCCCC2=O)cc1. The number of benzene rings is 1. The van der Waals surface area contributed by atoms with Crippen molar-refractivity contribution in [3.8, 4) is 0 Å². The molecule has 0 bridgehead atoms. The number of carbonyl (C=O) groups excluding carboxylic acids is 2. The van der Waals surface area contributed by atoms with Gasteiger partial charge in [-0.3, -0.25) is 9.59 Å². The first-order valence-electron chi connectivity index (χ1n) is 8.92. The smallest absolute Gasteiger partial charge is 0.226 e. The van der Waals surface area contributed by atoms with Gasteiger partial charge < -0.3 is 10.2 Å². The van der Waals surface area contributed by atoms with E-state index in [0.29, 0.717) is 12.8 Å². The third-order valence-corrected chi connectivity index (χ3v) is 5.04. The molecule has 0 unspecified atom stereocenters. The van der Waals surface area contributed by atoms with E-state index in [0.717, 1.165) is 43.1 Å². The van der Waals surface area contributed by atoms with Gasteiger partial charge in [0.15, 0.2) is 0 Å². The molecule has 1 aliphatic carbocycles. The number of nitrogens with zero attached hydrogens (tertiary/aromatic N) is 1. The van der Waals surface area contributed by atoms with Crippen LogP contribution in [0.15, 0.2) is 24.3 Å². The Bertz CT molecular complexity index is 547. The van der Waals surface area contributed by atoms with Crippen LogP contribution in [0.1, 0.15) is 57.8 Å². The molecule has 1 aromatic carbocycles. The molecule has 2 aliphatic rings. The van der Waals surface area contributed by atoms with Crippen molar-refractivity contribution in [2.45, 2.75) is 57.8 Å². The summed E-state index contributed by atoms with van der Waals surface area (Å²) in [4.78, 5) is 25.8. The third-order valence-electron chi connectivity index (χ3n) is 5.04. The van der Waals surface area contributed by atoms with Gasteiger partial charge in [-0.25, -0.2) is 0 Å². The van der Waals surface area contributed by atoms with Gasteiger partial charge in [0.2, 0.25) is 11.8 Å². The molecule has 0 aromatic heterocycles. The normalized spacial score (nSPS) is 19.1. The molecule has 4 nitrogen and oxygen atoms in total. The highest BCUT2D eigenvalue weighted by molar-refractivity contribution is 5.95. The third kappa shape index (κ3) is 4.34. The maximum absolute atomic E-state index is 12.0. The van der Waals surface area contributed by atoms with Crippen LogP contribution in [0.5, 0.6) is 0 Å². The maximum Gasteiger partial charge on any atom is 0.226 e. The molecule has 1 aliphatic heterocycles. The molecule has 1 heterocycles. The Morgan fingerprint density at radius 3 is 2.52 bits per heavy atom. The van der Waals surface area contributed by atoms with Crippen LogP contribution in [-0.4, -0.2) is 18.4 Å². The molecule has 2 amide bonds. The van der Waals surface area contributed by atoms with Gasteiger partial charge in [0.1, 0.15) is 0 Å². The lowest BCUT2D eigenvalue weighted by Gasteiger charge is -2.26. The van der Waals surface area contributed by atoms with E-state index >= 15 is 0 Å². The summed E-state index contributed by atoms with van der Waals surface area (Å²) in [6.45, 7) is 0.798. The zero-order chi connectivity index (χ0) is 16.1. The average molecular weight is 314 g/mol. The molecule has 1 saturated heterocycles. The van der Waals surface area contributed by atoms with Gasteiger partial charge in [-0.2, -0.15) is 0 Å². The molecule has 0 radical (unpaired) electrons. The van der Waals surface area contributed by atoms with E-state index in [4.69, 9.17) is 0 Å². The molecule has 1 aromatic rings. The molecular weight excluding hydrogens is 288 g/mol. The van der Waals surface area contributed by atoms with Crippen molar-refractivity contribution in [1.82, 2.24) is 0 Å². The van der Waals surface area contributed by atoms with Gasteiger partial charge in [-0.05, 0) is 49.4 Å². The molecule has 23 heavy (non-hydrogen) atoms. The first-order chi connectivity index (χ1) is 11.2. The van der Waals surface area contributed by atoms with Crippen LogP contribution >= 0.6 is 0 Å². The van der Waals surface area contributed by atoms with Crippen molar-refractivity contribution in [2.24, 2.45) is 5.92 Å². The summed E-state index contributed by atoms with van der Waals surface area (Å²) in [5.74, 6) is 1.04. The van der Waals surface area contributed by atoms with E-state index < -0.39 is 0 Å². The van der Waals surface area contributed by atoms with Gasteiger partial charge in [0.05, 0.1) is 0 Å². The monoisotopic (exact) mass is 314 g/mol. The van der Waals surface area contributed by atoms with Crippen LogP contribution in [0.3, 0.4) is 0 Å². The number of hydrogen-bond acceptors (Lipinski definition) is 2. The quantitative estimate of drug-likeness (QED) is 0.889. The van der Waals surface area contributed by atoms with Crippen molar-refractivity contribution in [2.75, 3.05) is 16.8 Å². The number of carbonyl (C=O) groups is 2. The van der Waals surface area contributed by atoms with Crippen molar-refractivity contribution >= 4 is 23.2 Å². The van der Waals surface area contributed by atoms with Gasteiger partial charge in [-0.15, -0.1) is 0 Å². The minimum atomic E-state index is 0.0960. The largest absolute Gasteiger partial charge is 0.326 e. The van der Waals surface area contributed by atoms with Crippen LogP contribution in [-0.2, 0) is 9.59 Å². The highest BCUT2D eigenvalue weighted by atomic mass is 16.2. The number of anilines is 2. The second kappa shape index (κ2) is 7.62. The van der Waals surface area contributed by atoms with Crippen LogP contribution in [0.4, 0.5) is 11.4 Å². The fourth-order valence-electron chi connectivity index (χ4n) is 3.66. The summed E-state index contributed by atoms with van der Waals surface area (Å²) in [7, 11) is 0. The maximum atomic E-state index is 12.0. The van der Waals surface area contributed by atoms with Crippen molar-refractivity contribution in [3.05, 3.63) is 24.3 Å². The predicted molar refractivity (Wildman–Crippen MR) is 92.5 cm³/mol. The van der Waals surface area contributed by atoms with Crippen molar-refractivity contribution in [3.63, 3.8) is 0 Å². The zero-order valence-corrected chi connectivity index (χ0v) is 13.7. The van der Waals surface area contributed by atoms with E-state index in [1.807, 2.05) is 29.2 Å². The van der Waals surface area contributed by atoms with Crippen LogP contribution in [0.25, 0.3) is 0 Å². The Labute approximate surface area is 138 Å². The highest BCUT2D eigenvalue weighted by Gasteiger charge is 2.19. The standard InChI is InChI=1S/C19H26N2O2/c22-18(13-8-15-5-1-2-6-15)20-16-9-11-17(12-10-16)21-14-4-3-7-19(21)23/h9-12,15H,1-8,13-14H2,(H,20,22). The number of amides is 2. The van der Waals surface area contributed by atoms with Crippen molar-refractivity contribution in [1.29, 1.82) is 0 Å². The van der Waals surface area contributed by atoms with Gasteiger partial charge in [0, 0.05) is 30.8 Å². The Hall–Kier alpha value is -1.84. The molecule has 1 saturated carbocycles. The Morgan fingerprint density at radius 2 is 1.83 bits per heavy atom. The fraction of sp³-hybridized carbons (Fsp3) is 0.579. The summed E-state index contributed by atoms with van der Waals surface area (Å²) >= 11 is 0. The molecular formula is C19H26N2O2. The van der Waals surface area contributed by atoms with Gasteiger partial charge >= 0.3 is 0 Å². The number of piperidine rings is 1. The molecule has 0 atom stereocenters. The Kier molecular flexibility index (Phi) is 5.31. The molecule has 2 fully saturated rings. The molecule has 124 valence electrons. The van der Waals surface area contributed by atoms with E-state index in [1.54, 1.807) is 0 Å². The zero-order valence-electron chi connectivity index (χ0n) is 13.7.